The minimum atomic E-state index is -0.596. The molecule has 0 bridgehead atoms. The van der Waals surface area contributed by atoms with Gasteiger partial charge in [-0.2, -0.15) is 0 Å². The van der Waals surface area contributed by atoms with E-state index in [1.807, 2.05) is 19.1 Å². The number of rotatable bonds is 8. The van der Waals surface area contributed by atoms with Crippen LogP contribution in [0.3, 0.4) is 0 Å². The number of aliphatic hydroxyl groups is 1. The van der Waals surface area contributed by atoms with Gasteiger partial charge in [0.05, 0.1) is 7.11 Å². The van der Waals surface area contributed by atoms with Gasteiger partial charge in [-0.15, -0.1) is 0 Å². The third kappa shape index (κ3) is 5.19. The first-order valence-corrected chi connectivity index (χ1v) is 8.12. The van der Waals surface area contributed by atoms with Crippen LogP contribution in [0.15, 0.2) is 36.4 Å². The van der Waals surface area contributed by atoms with Crippen molar-refractivity contribution >= 4 is 11.6 Å². The summed E-state index contributed by atoms with van der Waals surface area (Å²) in [4.78, 5) is 11.6. The van der Waals surface area contributed by atoms with E-state index in [9.17, 15) is 9.18 Å². The van der Waals surface area contributed by atoms with Crippen LogP contribution in [0.2, 0.25) is 0 Å². The zero-order chi connectivity index (χ0) is 18.2. The molecule has 0 aliphatic rings. The van der Waals surface area contributed by atoms with Gasteiger partial charge in [0.25, 0.3) is 0 Å². The molecule has 2 aromatic rings. The topological polar surface area (TPSA) is 67.8 Å². The molecule has 0 fully saturated rings. The lowest BCUT2D eigenvalue weighted by Crippen LogP contribution is -2.11. The monoisotopic (exact) mass is 347 g/mol. The number of aryl methyl sites for hydroxylation is 1. The molecule has 2 N–H and O–H groups in total. The number of benzene rings is 2. The van der Waals surface area contributed by atoms with E-state index in [1.165, 1.54) is 19.2 Å². The number of nitrogens with one attached hydrogen (secondary N) is 1. The molecule has 6 heteroatoms. The molecule has 0 heterocycles. The number of aliphatic hydroxyl groups excluding tert-OH is 1. The van der Waals surface area contributed by atoms with Gasteiger partial charge < -0.3 is 19.9 Å². The van der Waals surface area contributed by atoms with Gasteiger partial charge >= 0.3 is 0 Å². The molecule has 25 heavy (non-hydrogen) atoms. The minimum Gasteiger partial charge on any atom is -0.493 e. The second-order valence-corrected chi connectivity index (χ2v) is 5.46. The van der Waals surface area contributed by atoms with Crippen LogP contribution in [0.25, 0.3) is 0 Å². The molecule has 5 nitrogen and oxygen atoms in total. The van der Waals surface area contributed by atoms with Gasteiger partial charge in [0.1, 0.15) is 0 Å². The summed E-state index contributed by atoms with van der Waals surface area (Å²) in [5, 5.41) is 11.3. The Labute approximate surface area is 146 Å². The highest BCUT2D eigenvalue weighted by Crippen LogP contribution is 2.34. The third-order valence-corrected chi connectivity index (χ3v) is 3.63. The summed E-state index contributed by atoms with van der Waals surface area (Å²) >= 11 is 0. The average molecular weight is 347 g/mol. The van der Waals surface area contributed by atoms with E-state index in [2.05, 4.69) is 5.32 Å². The molecular formula is C19H22FNO4. The van der Waals surface area contributed by atoms with Crippen LogP contribution < -0.4 is 14.8 Å². The Morgan fingerprint density at radius 3 is 2.56 bits per heavy atom. The van der Waals surface area contributed by atoms with Gasteiger partial charge in [-0.1, -0.05) is 13.0 Å². The van der Waals surface area contributed by atoms with Crippen LogP contribution in [0.4, 0.5) is 10.1 Å². The summed E-state index contributed by atoms with van der Waals surface area (Å²) in [6.45, 7) is 1.97. The summed E-state index contributed by atoms with van der Waals surface area (Å²) in [6, 6.07) is 9.68. The van der Waals surface area contributed by atoms with Crippen molar-refractivity contribution in [2.24, 2.45) is 0 Å². The summed E-state index contributed by atoms with van der Waals surface area (Å²) in [5.41, 5.74) is 1.42. The van der Waals surface area contributed by atoms with E-state index >= 15 is 0 Å². The Balaban J connectivity index is 2.12. The van der Waals surface area contributed by atoms with Crippen molar-refractivity contribution in [3.8, 4) is 17.2 Å². The number of amides is 1. The lowest BCUT2D eigenvalue weighted by Gasteiger charge is -2.13. The van der Waals surface area contributed by atoms with E-state index < -0.39 is 5.82 Å². The highest BCUT2D eigenvalue weighted by molar-refractivity contribution is 5.90. The molecule has 0 unspecified atom stereocenters. The fraction of sp³-hybridized carbons (Fsp3) is 0.316. The second kappa shape index (κ2) is 9.03. The lowest BCUT2D eigenvalue weighted by atomic mass is 10.1. The predicted octanol–water partition coefficient (Wildman–Crippen LogP) is 3.90. The zero-order valence-corrected chi connectivity index (χ0v) is 14.3. The molecule has 0 spiro atoms. The summed E-state index contributed by atoms with van der Waals surface area (Å²) in [6.07, 6.45) is 1.40. The molecule has 0 atom stereocenters. The van der Waals surface area contributed by atoms with Crippen LogP contribution >= 0.6 is 0 Å². The maximum atomic E-state index is 14.3. The Morgan fingerprint density at radius 2 is 1.92 bits per heavy atom. The van der Waals surface area contributed by atoms with Crippen LogP contribution in [0.1, 0.15) is 25.3 Å². The van der Waals surface area contributed by atoms with Crippen molar-refractivity contribution < 1.29 is 23.8 Å². The second-order valence-electron chi connectivity index (χ2n) is 5.46. The first-order chi connectivity index (χ1) is 12.1. The first-order valence-electron chi connectivity index (χ1n) is 8.12. The molecule has 0 aromatic heterocycles. The van der Waals surface area contributed by atoms with E-state index in [0.29, 0.717) is 23.6 Å². The number of carbonyl (C=O) groups excluding carboxylic acids is 1. The standard InChI is InChI=1S/C19H22FNO4/c1-3-13-6-8-17(18(11-13)24-2)25-16-9-7-14(12-15(16)20)21-19(23)5-4-10-22/h6-9,11-12,22H,3-5,10H2,1-2H3,(H,21,23). The van der Waals surface area contributed by atoms with Gasteiger partial charge in [-0.05, 0) is 42.7 Å². The molecule has 0 radical (unpaired) electrons. The molecule has 0 aliphatic carbocycles. The number of anilines is 1. The normalized spacial score (nSPS) is 10.4. The van der Waals surface area contributed by atoms with Crippen LogP contribution in [-0.4, -0.2) is 24.7 Å². The summed E-state index contributed by atoms with van der Waals surface area (Å²) in [7, 11) is 1.53. The fourth-order valence-corrected chi connectivity index (χ4v) is 2.26. The van der Waals surface area contributed by atoms with Crippen molar-refractivity contribution in [3.63, 3.8) is 0 Å². The van der Waals surface area contributed by atoms with E-state index in [-0.39, 0.29) is 24.7 Å². The zero-order valence-electron chi connectivity index (χ0n) is 14.3. The largest absolute Gasteiger partial charge is 0.493 e. The van der Waals surface area contributed by atoms with Crippen molar-refractivity contribution in [2.45, 2.75) is 26.2 Å². The number of hydrogen-bond acceptors (Lipinski definition) is 4. The third-order valence-electron chi connectivity index (χ3n) is 3.63. The van der Waals surface area contributed by atoms with Gasteiger partial charge in [0.15, 0.2) is 23.1 Å². The highest BCUT2D eigenvalue weighted by Gasteiger charge is 2.11. The molecular weight excluding hydrogens is 325 g/mol. The Morgan fingerprint density at radius 1 is 1.16 bits per heavy atom. The highest BCUT2D eigenvalue weighted by atomic mass is 19.1. The van der Waals surface area contributed by atoms with Crippen LogP contribution in [0, 0.1) is 5.82 Å². The van der Waals surface area contributed by atoms with Gasteiger partial charge in [-0.3, -0.25) is 4.79 Å². The number of methoxy groups -OCH3 is 1. The number of hydrogen-bond donors (Lipinski definition) is 2. The van der Waals surface area contributed by atoms with Crippen molar-refractivity contribution in [1.29, 1.82) is 0 Å². The van der Waals surface area contributed by atoms with E-state index in [1.54, 1.807) is 12.1 Å². The maximum Gasteiger partial charge on any atom is 0.224 e. The molecule has 2 rings (SSSR count). The minimum absolute atomic E-state index is 0.0379. The van der Waals surface area contributed by atoms with E-state index in [0.717, 1.165) is 12.0 Å². The average Bonchev–Trinajstić information content (AvgIpc) is 2.62. The van der Waals surface area contributed by atoms with Gasteiger partial charge in [-0.25, -0.2) is 4.39 Å². The summed E-state index contributed by atoms with van der Waals surface area (Å²) in [5.74, 6) is 0.106. The maximum absolute atomic E-state index is 14.3. The Kier molecular flexibility index (Phi) is 6.77. The van der Waals surface area contributed by atoms with E-state index in [4.69, 9.17) is 14.6 Å². The van der Waals surface area contributed by atoms with Crippen molar-refractivity contribution in [3.05, 3.63) is 47.8 Å². The van der Waals surface area contributed by atoms with Gasteiger partial charge in [0, 0.05) is 24.8 Å². The molecule has 0 saturated heterocycles. The van der Waals surface area contributed by atoms with Crippen LogP contribution in [0.5, 0.6) is 17.2 Å². The summed E-state index contributed by atoms with van der Waals surface area (Å²) < 4.78 is 25.2. The smallest absolute Gasteiger partial charge is 0.224 e. The molecule has 0 saturated carbocycles. The molecule has 2 aromatic carbocycles. The number of carbonyl (C=O) groups is 1. The Hall–Kier alpha value is -2.60. The lowest BCUT2D eigenvalue weighted by molar-refractivity contribution is -0.116. The molecule has 0 aliphatic heterocycles. The Bertz CT molecular complexity index is 733. The number of halogens is 1. The fourth-order valence-electron chi connectivity index (χ4n) is 2.26. The predicted molar refractivity (Wildman–Crippen MR) is 93.8 cm³/mol. The van der Waals surface area contributed by atoms with Crippen molar-refractivity contribution in [2.75, 3.05) is 19.0 Å². The molecule has 1 amide bonds. The van der Waals surface area contributed by atoms with Gasteiger partial charge in [0.2, 0.25) is 5.91 Å². The quantitative estimate of drug-likeness (QED) is 0.760. The number of ether oxygens (including phenoxy) is 2. The van der Waals surface area contributed by atoms with Crippen molar-refractivity contribution in [1.82, 2.24) is 0 Å². The SMILES string of the molecule is CCc1ccc(Oc2ccc(NC(=O)CCCO)cc2F)c(OC)c1. The molecule has 134 valence electrons. The van der Waals surface area contributed by atoms with Crippen LogP contribution in [-0.2, 0) is 11.2 Å². The first kappa shape index (κ1) is 18.7.